The number of hydrogen-bond acceptors (Lipinski definition) is 3. The van der Waals surface area contributed by atoms with Gasteiger partial charge in [-0.15, -0.1) is 0 Å². The van der Waals surface area contributed by atoms with E-state index in [2.05, 4.69) is 15.6 Å². The maximum atomic E-state index is 12.0. The van der Waals surface area contributed by atoms with E-state index in [-0.39, 0.29) is 10.3 Å². The van der Waals surface area contributed by atoms with E-state index in [1.807, 2.05) is 41.5 Å². The molecule has 0 amide bonds. The lowest BCUT2D eigenvalue weighted by Gasteiger charge is -2.22. The lowest BCUT2D eigenvalue weighted by molar-refractivity contribution is 0.0311. The molecule has 0 aromatic rings. The van der Waals surface area contributed by atoms with Gasteiger partial charge in [0.25, 0.3) is 0 Å². The Balaban J connectivity index is 4.35. The van der Waals surface area contributed by atoms with Gasteiger partial charge in [-0.1, -0.05) is 0 Å². The molecular weight excluding hydrogens is 274 g/mol. The fraction of sp³-hybridized carbons (Fsp3) is 0.929. The van der Waals surface area contributed by atoms with Crippen molar-refractivity contribution in [2.45, 2.75) is 51.9 Å². The topological polar surface area (TPSA) is 62.7 Å². The summed E-state index contributed by atoms with van der Waals surface area (Å²) in [6, 6.07) is 0. The monoisotopic (exact) mass is 305 g/mol. The maximum absolute atomic E-state index is 12.0. The van der Waals surface area contributed by atoms with Crippen LogP contribution in [0.5, 0.6) is 0 Å². The van der Waals surface area contributed by atoms with Gasteiger partial charge in [-0.25, -0.2) is 0 Å². The number of guanidine groups is 1. The molecule has 0 aromatic heterocycles. The van der Waals surface area contributed by atoms with Crippen LogP contribution in [-0.4, -0.2) is 53.0 Å². The predicted molar refractivity (Wildman–Crippen MR) is 87.8 cm³/mol. The maximum Gasteiger partial charge on any atom is 0.191 e. The van der Waals surface area contributed by atoms with Gasteiger partial charge in [0.2, 0.25) is 0 Å². The molecule has 20 heavy (non-hydrogen) atoms. The largest absolute Gasteiger partial charge is 0.377 e. The predicted octanol–water partition coefficient (Wildman–Crippen LogP) is 1.51. The number of aliphatic imine (C=N–C) groups is 1. The molecule has 0 radical (unpaired) electrons. The van der Waals surface area contributed by atoms with Crippen molar-refractivity contribution in [2.75, 3.05) is 32.5 Å². The number of nitrogens with zero attached hydrogens (tertiary/aromatic N) is 1. The molecule has 0 aliphatic heterocycles. The summed E-state index contributed by atoms with van der Waals surface area (Å²) >= 11 is 0. The van der Waals surface area contributed by atoms with Crippen molar-refractivity contribution >= 4 is 16.8 Å². The summed E-state index contributed by atoms with van der Waals surface area (Å²) in [5.74, 6) is 1.35. The summed E-state index contributed by atoms with van der Waals surface area (Å²) in [6.45, 7) is 14.0. The zero-order chi connectivity index (χ0) is 15.8. The second-order valence-corrected chi connectivity index (χ2v) is 8.57. The van der Waals surface area contributed by atoms with Crippen LogP contribution < -0.4 is 10.6 Å². The minimum absolute atomic E-state index is 0.171. The zero-order valence-corrected chi connectivity index (χ0v) is 14.8. The van der Waals surface area contributed by atoms with E-state index in [0.717, 1.165) is 12.5 Å². The first-order valence-corrected chi connectivity index (χ1v) is 8.40. The molecule has 2 N–H and O–H groups in total. The molecule has 0 spiro atoms. The Morgan fingerprint density at radius 3 is 2.25 bits per heavy atom. The molecule has 0 saturated carbocycles. The minimum Gasteiger partial charge on any atom is -0.377 e. The third-order valence-corrected chi connectivity index (χ3v) is 4.72. The molecule has 120 valence electrons. The highest BCUT2D eigenvalue weighted by Crippen LogP contribution is 2.10. The van der Waals surface area contributed by atoms with Crippen LogP contribution >= 0.6 is 0 Å². The Hall–Kier alpha value is -0.620. The summed E-state index contributed by atoms with van der Waals surface area (Å²) < 4.78 is 17.1. The average molecular weight is 305 g/mol. The van der Waals surface area contributed by atoms with Crippen LogP contribution in [0, 0.1) is 0 Å². The van der Waals surface area contributed by atoms with Gasteiger partial charge in [0, 0.05) is 41.5 Å². The number of hydrogen-bond donors (Lipinski definition) is 2. The minimum atomic E-state index is -0.850. The van der Waals surface area contributed by atoms with Crippen LogP contribution in [-0.2, 0) is 15.5 Å². The van der Waals surface area contributed by atoms with Gasteiger partial charge < -0.3 is 15.4 Å². The standard InChI is InChI=1S/C14H31N3O2S/c1-8-15-12(17-11-14(5,6)19-7)16-9-10-20(18)13(2,3)4/h8-11H2,1-7H3,(H2,15,16,17). The highest BCUT2D eigenvalue weighted by atomic mass is 32.2. The van der Waals surface area contributed by atoms with Gasteiger partial charge in [-0.2, -0.15) is 0 Å². The Kier molecular flexibility index (Phi) is 8.35. The number of ether oxygens (including phenoxy) is 1. The molecule has 0 bridgehead atoms. The van der Waals surface area contributed by atoms with Crippen molar-refractivity contribution in [3.63, 3.8) is 0 Å². The Morgan fingerprint density at radius 2 is 1.80 bits per heavy atom. The van der Waals surface area contributed by atoms with Crippen LogP contribution in [0.1, 0.15) is 41.5 Å². The highest BCUT2D eigenvalue weighted by Gasteiger charge is 2.19. The van der Waals surface area contributed by atoms with E-state index >= 15 is 0 Å². The normalized spacial score (nSPS) is 15.1. The van der Waals surface area contributed by atoms with Crippen LogP contribution in [0.15, 0.2) is 4.99 Å². The van der Waals surface area contributed by atoms with Gasteiger partial charge in [0.15, 0.2) is 5.96 Å². The van der Waals surface area contributed by atoms with E-state index in [4.69, 9.17) is 4.74 Å². The van der Waals surface area contributed by atoms with Gasteiger partial charge in [-0.3, -0.25) is 9.20 Å². The SMILES string of the molecule is CCNC(=NCC(C)(C)OC)NCCS(=O)C(C)(C)C. The van der Waals surface area contributed by atoms with E-state index in [1.165, 1.54) is 0 Å². The zero-order valence-electron chi connectivity index (χ0n) is 14.0. The summed E-state index contributed by atoms with van der Waals surface area (Å²) in [6.07, 6.45) is 0. The van der Waals surface area contributed by atoms with Crippen molar-refractivity contribution in [1.29, 1.82) is 0 Å². The average Bonchev–Trinajstić information content (AvgIpc) is 2.34. The Bertz CT molecular complexity index is 336. The van der Waals surface area contributed by atoms with Crippen molar-refractivity contribution in [2.24, 2.45) is 4.99 Å². The first-order chi connectivity index (χ1) is 9.12. The van der Waals surface area contributed by atoms with Crippen LogP contribution in [0.4, 0.5) is 0 Å². The smallest absolute Gasteiger partial charge is 0.191 e. The molecule has 0 heterocycles. The van der Waals surface area contributed by atoms with Gasteiger partial charge in [0.05, 0.1) is 12.1 Å². The molecule has 0 aliphatic carbocycles. The highest BCUT2D eigenvalue weighted by molar-refractivity contribution is 7.86. The van der Waals surface area contributed by atoms with E-state index in [0.29, 0.717) is 18.8 Å². The number of rotatable bonds is 7. The summed E-state index contributed by atoms with van der Waals surface area (Å²) in [5, 5.41) is 6.39. The molecule has 0 aromatic carbocycles. The fourth-order valence-corrected chi connectivity index (χ4v) is 2.14. The van der Waals surface area contributed by atoms with E-state index in [9.17, 15) is 4.21 Å². The molecule has 0 rings (SSSR count). The summed E-state index contributed by atoms with van der Waals surface area (Å²) in [4.78, 5) is 4.49. The van der Waals surface area contributed by atoms with Gasteiger partial charge in [-0.05, 0) is 41.5 Å². The summed E-state index contributed by atoms with van der Waals surface area (Å²) in [7, 11) is 0.833. The molecule has 0 fully saturated rings. The van der Waals surface area contributed by atoms with Crippen LogP contribution in [0.3, 0.4) is 0 Å². The molecule has 1 atom stereocenters. The molecule has 0 aliphatic rings. The Labute approximate surface area is 126 Å². The number of methoxy groups -OCH3 is 1. The lowest BCUT2D eigenvalue weighted by atomic mass is 10.1. The molecule has 5 nitrogen and oxygen atoms in total. The lowest BCUT2D eigenvalue weighted by Crippen LogP contribution is -2.41. The quantitative estimate of drug-likeness (QED) is 0.553. The Morgan fingerprint density at radius 1 is 1.20 bits per heavy atom. The molecule has 1 unspecified atom stereocenters. The van der Waals surface area contributed by atoms with Crippen LogP contribution in [0.2, 0.25) is 0 Å². The third-order valence-electron chi connectivity index (χ3n) is 2.78. The van der Waals surface area contributed by atoms with Crippen molar-refractivity contribution in [3.05, 3.63) is 0 Å². The number of nitrogens with one attached hydrogen (secondary N) is 2. The third kappa shape index (κ3) is 8.53. The first kappa shape index (κ1) is 19.4. The molecular formula is C14H31N3O2S. The summed E-state index contributed by atoms with van der Waals surface area (Å²) in [5.41, 5.74) is -0.281. The van der Waals surface area contributed by atoms with Crippen molar-refractivity contribution in [1.82, 2.24) is 10.6 Å². The van der Waals surface area contributed by atoms with E-state index < -0.39 is 10.8 Å². The van der Waals surface area contributed by atoms with Crippen molar-refractivity contribution < 1.29 is 8.95 Å². The fourth-order valence-electron chi connectivity index (χ4n) is 1.24. The second kappa shape index (κ2) is 8.62. The molecule has 6 heteroatoms. The van der Waals surface area contributed by atoms with E-state index in [1.54, 1.807) is 7.11 Å². The van der Waals surface area contributed by atoms with Gasteiger partial charge >= 0.3 is 0 Å². The van der Waals surface area contributed by atoms with Crippen molar-refractivity contribution in [3.8, 4) is 0 Å². The van der Waals surface area contributed by atoms with Crippen LogP contribution in [0.25, 0.3) is 0 Å². The molecule has 0 saturated heterocycles. The first-order valence-electron chi connectivity index (χ1n) is 7.08. The second-order valence-electron chi connectivity index (χ2n) is 6.25. The van der Waals surface area contributed by atoms with Gasteiger partial charge in [0.1, 0.15) is 0 Å².